The fraction of sp³-hybridized carbons (Fsp3) is 1.00. The molecule has 3 N–H and O–H groups in total. The Morgan fingerprint density at radius 1 is 1.07 bits per heavy atom. The number of hydrogen-bond acceptors (Lipinski definition) is 5. The summed E-state index contributed by atoms with van der Waals surface area (Å²) in [5.74, 6) is 0. The molecule has 14 heavy (non-hydrogen) atoms. The molecule has 5 nitrogen and oxygen atoms in total. The number of aliphatic hydroxyl groups excluding tert-OH is 1. The Morgan fingerprint density at radius 3 is 1.71 bits per heavy atom. The molecule has 88 valence electrons. The average Bonchev–Trinajstić information content (AvgIpc) is 2.04. The highest BCUT2D eigenvalue weighted by molar-refractivity contribution is 4.54. The van der Waals surface area contributed by atoms with Crippen molar-refractivity contribution < 1.29 is 15.5 Å². The number of likely N-dealkylation sites (N-methyl/N-ethyl adjacent to an activating group) is 1. The SMILES string of the molecule is CCCC(O)CN(C)O.CCN(C)O. The molecule has 0 heterocycles. The van der Waals surface area contributed by atoms with Crippen molar-refractivity contribution in [1.82, 2.24) is 10.1 Å². The molecule has 0 bridgehead atoms. The van der Waals surface area contributed by atoms with E-state index in [4.69, 9.17) is 15.5 Å². The summed E-state index contributed by atoms with van der Waals surface area (Å²) in [7, 11) is 3.14. The van der Waals surface area contributed by atoms with Crippen molar-refractivity contribution in [2.45, 2.75) is 32.8 Å². The van der Waals surface area contributed by atoms with Crippen LogP contribution < -0.4 is 0 Å². The largest absolute Gasteiger partial charge is 0.392 e. The Hall–Kier alpha value is -0.200. The van der Waals surface area contributed by atoms with Gasteiger partial charge in [-0.25, -0.2) is 0 Å². The van der Waals surface area contributed by atoms with E-state index in [0.29, 0.717) is 13.1 Å². The lowest BCUT2D eigenvalue weighted by Crippen LogP contribution is -2.25. The zero-order valence-electron chi connectivity index (χ0n) is 9.64. The van der Waals surface area contributed by atoms with E-state index < -0.39 is 0 Å². The molecule has 0 fully saturated rings. The number of hydrogen-bond donors (Lipinski definition) is 3. The van der Waals surface area contributed by atoms with Gasteiger partial charge in [0.15, 0.2) is 0 Å². The second-order valence-corrected chi connectivity index (χ2v) is 3.26. The van der Waals surface area contributed by atoms with Crippen molar-refractivity contribution in [2.75, 3.05) is 27.2 Å². The zero-order valence-corrected chi connectivity index (χ0v) is 9.64. The molecule has 1 atom stereocenters. The highest BCUT2D eigenvalue weighted by Crippen LogP contribution is 1.95. The van der Waals surface area contributed by atoms with Gasteiger partial charge in [-0.2, -0.15) is 10.1 Å². The third kappa shape index (κ3) is 17.8. The molecule has 0 aliphatic heterocycles. The van der Waals surface area contributed by atoms with E-state index in [0.717, 1.165) is 23.0 Å². The van der Waals surface area contributed by atoms with Gasteiger partial charge in [0.2, 0.25) is 0 Å². The van der Waals surface area contributed by atoms with Crippen LogP contribution in [-0.4, -0.2) is 58.9 Å². The molecule has 0 spiro atoms. The van der Waals surface area contributed by atoms with Crippen LogP contribution in [0.4, 0.5) is 0 Å². The molecular weight excluding hydrogens is 184 g/mol. The van der Waals surface area contributed by atoms with E-state index in [1.807, 2.05) is 13.8 Å². The second-order valence-electron chi connectivity index (χ2n) is 3.26. The normalized spacial score (nSPS) is 12.6. The lowest BCUT2D eigenvalue weighted by Gasteiger charge is -2.12. The van der Waals surface area contributed by atoms with E-state index in [2.05, 4.69) is 0 Å². The predicted molar refractivity (Wildman–Crippen MR) is 55.4 cm³/mol. The standard InChI is InChI=1S/C6H15NO2.C3H9NO/c1-3-4-6(8)5-7(2)9;1-3-4(2)5/h6,8-9H,3-5H2,1-2H3;5H,3H2,1-2H3. The maximum absolute atomic E-state index is 9.02. The van der Waals surface area contributed by atoms with Gasteiger partial charge in [-0.05, 0) is 6.42 Å². The Bertz CT molecular complexity index is 110. The van der Waals surface area contributed by atoms with Crippen LogP contribution in [0.3, 0.4) is 0 Å². The fourth-order valence-electron chi connectivity index (χ4n) is 0.730. The summed E-state index contributed by atoms with van der Waals surface area (Å²) in [4.78, 5) is 0. The van der Waals surface area contributed by atoms with E-state index >= 15 is 0 Å². The van der Waals surface area contributed by atoms with Gasteiger partial charge in [-0.3, -0.25) is 0 Å². The summed E-state index contributed by atoms with van der Waals surface area (Å²) in [5.41, 5.74) is 0. The number of hydroxylamine groups is 4. The number of nitrogens with zero attached hydrogens (tertiary/aromatic N) is 2. The Labute approximate surface area is 86.5 Å². The van der Waals surface area contributed by atoms with Crippen LogP contribution >= 0.6 is 0 Å². The van der Waals surface area contributed by atoms with Gasteiger partial charge in [-0.1, -0.05) is 20.3 Å². The van der Waals surface area contributed by atoms with Crippen molar-refractivity contribution in [3.8, 4) is 0 Å². The monoisotopic (exact) mass is 208 g/mol. The van der Waals surface area contributed by atoms with Gasteiger partial charge in [0.1, 0.15) is 0 Å². The van der Waals surface area contributed by atoms with E-state index in [9.17, 15) is 0 Å². The topological polar surface area (TPSA) is 67.2 Å². The van der Waals surface area contributed by atoms with Crippen LogP contribution in [0.1, 0.15) is 26.7 Å². The summed E-state index contributed by atoms with van der Waals surface area (Å²) in [6.45, 7) is 4.91. The highest BCUT2D eigenvalue weighted by atomic mass is 16.5. The van der Waals surface area contributed by atoms with Crippen LogP contribution in [0.5, 0.6) is 0 Å². The van der Waals surface area contributed by atoms with Crippen LogP contribution in [0.2, 0.25) is 0 Å². The van der Waals surface area contributed by atoms with Crippen LogP contribution in [0.25, 0.3) is 0 Å². The highest BCUT2D eigenvalue weighted by Gasteiger charge is 2.03. The molecule has 0 aliphatic carbocycles. The van der Waals surface area contributed by atoms with Crippen molar-refractivity contribution in [1.29, 1.82) is 0 Å². The molecule has 1 unspecified atom stereocenters. The minimum Gasteiger partial charge on any atom is -0.392 e. The molecule has 0 aromatic heterocycles. The smallest absolute Gasteiger partial charge is 0.0690 e. The van der Waals surface area contributed by atoms with Gasteiger partial charge in [0, 0.05) is 27.2 Å². The molecule has 0 amide bonds. The first-order chi connectivity index (χ1) is 6.43. The molecule has 5 heteroatoms. The van der Waals surface area contributed by atoms with E-state index in [-0.39, 0.29) is 6.10 Å². The molecule has 0 saturated heterocycles. The Balaban J connectivity index is 0. The van der Waals surface area contributed by atoms with Gasteiger partial charge < -0.3 is 15.5 Å². The van der Waals surface area contributed by atoms with Crippen molar-refractivity contribution in [3.05, 3.63) is 0 Å². The summed E-state index contributed by atoms with van der Waals surface area (Å²) < 4.78 is 0. The Kier molecular flexibility index (Phi) is 12.6. The first kappa shape index (κ1) is 16.2. The molecule has 0 aliphatic rings. The first-order valence-electron chi connectivity index (χ1n) is 4.92. The minimum absolute atomic E-state index is 0.341. The third-order valence-electron chi connectivity index (χ3n) is 1.55. The van der Waals surface area contributed by atoms with Crippen molar-refractivity contribution in [3.63, 3.8) is 0 Å². The minimum atomic E-state index is -0.384. The van der Waals surface area contributed by atoms with E-state index in [1.165, 1.54) is 7.05 Å². The molecular formula is C9H24N2O3. The van der Waals surface area contributed by atoms with Crippen LogP contribution in [0.15, 0.2) is 0 Å². The summed E-state index contributed by atoms with van der Waals surface area (Å²) in [6.07, 6.45) is 1.32. The van der Waals surface area contributed by atoms with Gasteiger partial charge >= 0.3 is 0 Å². The van der Waals surface area contributed by atoms with Crippen molar-refractivity contribution >= 4 is 0 Å². The molecule has 0 aromatic carbocycles. The van der Waals surface area contributed by atoms with Crippen LogP contribution in [-0.2, 0) is 0 Å². The molecule has 0 rings (SSSR count). The molecule has 0 saturated carbocycles. The fourth-order valence-corrected chi connectivity index (χ4v) is 0.730. The Morgan fingerprint density at radius 2 is 1.50 bits per heavy atom. The quantitative estimate of drug-likeness (QED) is 0.583. The van der Waals surface area contributed by atoms with Gasteiger partial charge in [0.05, 0.1) is 6.10 Å². The van der Waals surface area contributed by atoms with E-state index in [1.54, 1.807) is 7.05 Å². The number of aliphatic hydroxyl groups is 1. The van der Waals surface area contributed by atoms with Crippen molar-refractivity contribution in [2.24, 2.45) is 0 Å². The lowest BCUT2D eigenvalue weighted by atomic mass is 10.2. The average molecular weight is 208 g/mol. The molecule has 0 aromatic rings. The van der Waals surface area contributed by atoms with Gasteiger partial charge in [-0.15, -0.1) is 0 Å². The summed E-state index contributed by atoms with van der Waals surface area (Å²) in [5, 5.41) is 28.0. The second kappa shape index (κ2) is 10.9. The predicted octanol–water partition coefficient (Wildman–Crippen LogP) is 0.796. The first-order valence-corrected chi connectivity index (χ1v) is 4.92. The summed E-state index contributed by atoms with van der Waals surface area (Å²) in [6, 6.07) is 0. The van der Waals surface area contributed by atoms with Gasteiger partial charge in [0.25, 0.3) is 0 Å². The van der Waals surface area contributed by atoms with Crippen LogP contribution in [0, 0.1) is 0 Å². The number of rotatable bonds is 5. The third-order valence-corrected chi connectivity index (χ3v) is 1.55. The summed E-state index contributed by atoms with van der Waals surface area (Å²) >= 11 is 0. The molecule has 0 radical (unpaired) electrons. The maximum Gasteiger partial charge on any atom is 0.0690 e. The zero-order chi connectivity index (χ0) is 11.6. The lowest BCUT2D eigenvalue weighted by molar-refractivity contribution is -0.0907. The maximum atomic E-state index is 9.02.